The van der Waals surface area contributed by atoms with E-state index in [0.29, 0.717) is 38.0 Å². The standard InChI is InChI=1S/C22H17F2N3O3S/c1-29-19-9-13(3-5-18(19)30-14-10-25-11-14)27-7-6-17-20(22(27)28)31-21(26-17)12-2-4-15(23)16(24)8-12/h2-9,14,25H,10-11H2,1H3. The SMILES string of the molecule is COc1cc(-n2ccc3nc(-c4ccc(F)c(F)c4)sc3c2=O)ccc1OC1CNC1. The van der Waals surface area contributed by atoms with Crippen LogP contribution in [0.15, 0.2) is 53.5 Å². The maximum Gasteiger partial charge on any atom is 0.274 e. The molecule has 158 valence electrons. The summed E-state index contributed by atoms with van der Waals surface area (Å²) in [6.45, 7) is 1.57. The number of nitrogens with one attached hydrogen (secondary N) is 1. The van der Waals surface area contributed by atoms with E-state index in [2.05, 4.69) is 10.3 Å². The van der Waals surface area contributed by atoms with Gasteiger partial charge in [0.05, 0.1) is 18.3 Å². The lowest BCUT2D eigenvalue weighted by Crippen LogP contribution is -2.50. The summed E-state index contributed by atoms with van der Waals surface area (Å²) in [4.78, 5) is 17.5. The van der Waals surface area contributed by atoms with Crippen LogP contribution in [0.2, 0.25) is 0 Å². The summed E-state index contributed by atoms with van der Waals surface area (Å²) in [5, 5.41) is 3.59. The van der Waals surface area contributed by atoms with E-state index in [1.807, 2.05) is 0 Å². The molecule has 31 heavy (non-hydrogen) atoms. The maximum absolute atomic E-state index is 13.6. The Labute approximate surface area is 179 Å². The summed E-state index contributed by atoms with van der Waals surface area (Å²) in [6, 6.07) is 10.6. The Morgan fingerprint density at radius 1 is 1.10 bits per heavy atom. The molecule has 0 spiro atoms. The molecular weight excluding hydrogens is 424 g/mol. The van der Waals surface area contributed by atoms with Gasteiger partial charge in [0.25, 0.3) is 5.56 Å². The number of pyridine rings is 1. The highest BCUT2D eigenvalue weighted by Crippen LogP contribution is 2.32. The van der Waals surface area contributed by atoms with Gasteiger partial charge < -0.3 is 14.8 Å². The Hall–Kier alpha value is -3.30. The molecule has 1 aliphatic heterocycles. The van der Waals surface area contributed by atoms with Gasteiger partial charge in [-0.25, -0.2) is 13.8 Å². The fourth-order valence-electron chi connectivity index (χ4n) is 3.30. The first-order valence-corrected chi connectivity index (χ1v) is 10.4. The van der Waals surface area contributed by atoms with Crippen molar-refractivity contribution in [1.29, 1.82) is 0 Å². The summed E-state index contributed by atoms with van der Waals surface area (Å²) in [5.41, 5.74) is 1.27. The smallest absolute Gasteiger partial charge is 0.274 e. The molecule has 4 aromatic rings. The van der Waals surface area contributed by atoms with Crippen molar-refractivity contribution in [2.24, 2.45) is 0 Å². The zero-order chi connectivity index (χ0) is 21.5. The van der Waals surface area contributed by atoms with E-state index >= 15 is 0 Å². The van der Waals surface area contributed by atoms with Crippen molar-refractivity contribution in [1.82, 2.24) is 14.9 Å². The molecule has 3 heterocycles. The Morgan fingerprint density at radius 2 is 1.94 bits per heavy atom. The number of halogens is 2. The largest absolute Gasteiger partial charge is 0.493 e. The Balaban J connectivity index is 1.54. The molecule has 9 heteroatoms. The average molecular weight is 441 g/mol. The van der Waals surface area contributed by atoms with Gasteiger partial charge in [0.2, 0.25) is 0 Å². The topological polar surface area (TPSA) is 65.4 Å². The van der Waals surface area contributed by atoms with E-state index in [4.69, 9.17) is 9.47 Å². The minimum Gasteiger partial charge on any atom is -0.493 e. The Kier molecular flexibility index (Phi) is 4.91. The molecule has 6 nitrogen and oxygen atoms in total. The summed E-state index contributed by atoms with van der Waals surface area (Å²) in [6.07, 6.45) is 1.73. The summed E-state index contributed by atoms with van der Waals surface area (Å²) in [5.74, 6) is -0.739. The van der Waals surface area contributed by atoms with E-state index in [0.717, 1.165) is 36.6 Å². The molecule has 0 radical (unpaired) electrons. The zero-order valence-electron chi connectivity index (χ0n) is 16.4. The van der Waals surface area contributed by atoms with Gasteiger partial charge in [-0.1, -0.05) is 0 Å². The van der Waals surface area contributed by atoms with Crippen molar-refractivity contribution in [3.05, 3.63) is 70.6 Å². The normalized spacial score (nSPS) is 13.9. The quantitative estimate of drug-likeness (QED) is 0.511. The molecule has 0 aliphatic carbocycles. The monoisotopic (exact) mass is 441 g/mol. The van der Waals surface area contributed by atoms with Crippen LogP contribution in [0.25, 0.3) is 26.5 Å². The molecule has 1 saturated heterocycles. The van der Waals surface area contributed by atoms with Gasteiger partial charge in [0.15, 0.2) is 23.1 Å². The third kappa shape index (κ3) is 3.55. The van der Waals surface area contributed by atoms with Crippen LogP contribution in [0, 0.1) is 11.6 Å². The van der Waals surface area contributed by atoms with Crippen molar-refractivity contribution in [2.75, 3.05) is 20.2 Å². The van der Waals surface area contributed by atoms with E-state index in [-0.39, 0.29) is 11.7 Å². The Bertz CT molecular complexity index is 1350. The second-order valence-electron chi connectivity index (χ2n) is 7.09. The van der Waals surface area contributed by atoms with Crippen LogP contribution in [0.3, 0.4) is 0 Å². The van der Waals surface area contributed by atoms with Gasteiger partial charge in [0.1, 0.15) is 15.8 Å². The Morgan fingerprint density at radius 3 is 2.65 bits per heavy atom. The average Bonchev–Trinajstić information content (AvgIpc) is 3.18. The van der Waals surface area contributed by atoms with Gasteiger partial charge in [0, 0.05) is 30.9 Å². The predicted octanol–water partition coefficient (Wildman–Crippen LogP) is 3.75. The second-order valence-corrected chi connectivity index (χ2v) is 8.09. The molecule has 1 fully saturated rings. The second kappa shape index (κ2) is 7.75. The van der Waals surface area contributed by atoms with Crippen LogP contribution < -0.4 is 20.3 Å². The number of thiazole rings is 1. The molecule has 1 N–H and O–H groups in total. The fourth-order valence-corrected chi connectivity index (χ4v) is 4.29. The number of nitrogens with zero attached hydrogens (tertiary/aromatic N) is 2. The van der Waals surface area contributed by atoms with Crippen LogP contribution in [0.4, 0.5) is 8.78 Å². The third-order valence-corrected chi connectivity index (χ3v) is 6.19. The molecule has 0 unspecified atom stereocenters. The van der Waals surface area contributed by atoms with E-state index < -0.39 is 11.6 Å². The molecule has 0 saturated carbocycles. The van der Waals surface area contributed by atoms with Gasteiger partial charge in [-0.05, 0) is 36.4 Å². The molecule has 1 aliphatic rings. The van der Waals surface area contributed by atoms with E-state index in [1.54, 1.807) is 37.6 Å². The molecular formula is C22H17F2N3O3S. The molecule has 5 rings (SSSR count). The van der Waals surface area contributed by atoms with Crippen LogP contribution in [-0.4, -0.2) is 35.9 Å². The van der Waals surface area contributed by atoms with Crippen LogP contribution in [0.5, 0.6) is 11.5 Å². The lowest BCUT2D eigenvalue weighted by molar-refractivity contribution is 0.137. The van der Waals surface area contributed by atoms with Crippen LogP contribution in [0.1, 0.15) is 0 Å². The predicted molar refractivity (Wildman–Crippen MR) is 114 cm³/mol. The fraction of sp³-hybridized carbons (Fsp3) is 0.182. The highest BCUT2D eigenvalue weighted by atomic mass is 32.1. The number of hydrogen-bond donors (Lipinski definition) is 1. The van der Waals surface area contributed by atoms with Crippen LogP contribution >= 0.6 is 11.3 Å². The van der Waals surface area contributed by atoms with E-state index in [9.17, 15) is 13.6 Å². The summed E-state index contributed by atoms with van der Waals surface area (Å²) in [7, 11) is 1.55. The lowest BCUT2D eigenvalue weighted by atomic mass is 10.2. The first-order chi connectivity index (χ1) is 15.0. The van der Waals surface area contributed by atoms with Gasteiger partial charge in [-0.15, -0.1) is 11.3 Å². The minimum absolute atomic E-state index is 0.103. The maximum atomic E-state index is 13.6. The van der Waals surface area contributed by atoms with Crippen molar-refractivity contribution < 1.29 is 18.3 Å². The molecule has 0 amide bonds. The molecule has 0 atom stereocenters. The molecule has 2 aromatic heterocycles. The first kappa shape index (κ1) is 19.7. The van der Waals surface area contributed by atoms with E-state index in [1.165, 1.54) is 10.6 Å². The number of benzene rings is 2. The highest BCUT2D eigenvalue weighted by Gasteiger charge is 2.21. The number of aromatic nitrogens is 2. The molecule has 0 bridgehead atoms. The summed E-state index contributed by atoms with van der Waals surface area (Å²) < 4.78 is 40.1. The number of methoxy groups -OCH3 is 1. The van der Waals surface area contributed by atoms with Crippen molar-refractivity contribution in [3.63, 3.8) is 0 Å². The molecule has 2 aromatic carbocycles. The number of hydrogen-bond acceptors (Lipinski definition) is 6. The third-order valence-electron chi connectivity index (χ3n) is 5.08. The van der Waals surface area contributed by atoms with Crippen molar-refractivity contribution in [3.8, 4) is 27.8 Å². The lowest BCUT2D eigenvalue weighted by Gasteiger charge is -2.28. The first-order valence-electron chi connectivity index (χ1n) is 9.57. The van der Waals surface area contributed by atoms with Gasteiger partial charge >= 0.3 is 0 Å². The van der Waals surface area contributed by atoms with Crippen molar-refractivity contribution in [2.45, 2.75) is 6.10 Å². The number of fused-ring (bicyclic) bond motifs is 1. The minimum atomic E-state index is -0.957. The van der Waals surface area contributed by atoms with Gasteiger partial charge in [-0.2, -0.15) is 0 Å². The zero-order valence-corrected chi connectivity index (χ0v) is 17.2. The number of ether oxygens (including phenoxy) is 2. The summed E-state index contributed by atoms with van der Waals surface area (Å²) >= 11 is 1.14. The van der Waals surface area contributed by atoms with Crippen molar-refractivity contribution >= 4 is 21.6 Å². The number of rotatable bonds is 5. The van der Waals surface area contributed by atoms with Gasteiger partial charge in [-0.3, -0.25) is 9.36 Å². The highest BCUT2D eigenvalue weighted by molar-refractivity contribution is 7.21. The van der Waals surface area contributed by atoms with Crippen LogP contribution in [-0.2, 0) is 0 Å².